The summed E-state index contributed by atoms with van der Waals surface area (Å²) < 4.78 is 1.69. The summed E-state index contributed by atoms with van der Waals surface area (Å²) in [6.45, 7) is 6.12. The summed E-state index contributed by atoms with van der Waals surface area (Å²) >= 11 is 2.93. The number of aryl methyl sites for hydroxylation is 1. The van der Waals surface area contributed by atoms with Crippen molar-refractivity contribution in [1.82, 2.24) is 14.5 Å². The van der Waals surface area contributed by atoms with Gasteiger partial charge in [0.2, 0.25) is 5.91 Å². The highest BCUT2D eigenvalue weighted by molar-refractivity contribution is 7.98. The van der Waals surface area contributed by atoms with Crippen molar-refractivity contribution < 1.29 is 4.79 Å². The first-order valence-corrected chi connectivity index (χ1v) is 12.3. The van der Waals surface area contributed by atoms with Crippen molar-refractivity contribution in [3.63, 3.8) is 0 Å². The minimum absolute atomic E-state index is 0.0292. The minimum atomic E-state index is -0.0736. The van der Waals surface area contributed by atoms with Gasteiger partial charge in [0, 0.05) is 24.6 Å². The van der Waals surface area contributed by atoms with Crippen molar-refractivity contribution in [2.24, 2.45) is 0 Å². The Balaban J connectivity index is 1.61. The minimum Gasteiger partial charge on any atom is -0.287 e. The number of fused-ring (bicyclic) bond motifs is 1. The third-order valence-corrected chi connectivity index (χ3v) is 7.04. The van der Waals surface area contributed by atoms with Crippen LogP contribution >= 0.6 is 23.1 Å². The molecule has 0 N–H and O–H groups in total. The molecule has 6 nitrogen and oxygen atoms in total. The third kappa shape index (κ3) is 4.33. The molecule has 164 valence electrons. The van der Waals surface area contributed by atoms with Gasteiger partial charge in [-0.05, 0) is 37.1 Å². The molecule has 4 rings (SSSR count). The Morgan fingerprint density at radius 1 is 1.09 bits per heavy atom. The Morgan fingerprint density at radius 3 is 2.59 bits per heavy atom. The fourth-order valence-electron chi connectivity index (χ4n) is 3.58. The monoisotopic (exact) mass is 464 g/mol. The van der Waals surface area contributed by atoms with Crippen LogP contribution in [0.5, 0.6) is 0 Å². The van der Waals surface area contributed by atoms with Crippen LogP contribution in [-0.4, -0.2) is 20.4 Å². The number of aromatic nitrogens is 3. The molecule has 8 heteroatoms. The third-order valence-electron chi connectivity index (χ3n) is 5.15. The molecule has 2 aromatic heterocycles. The van der Waals surface area contributed by atoms with Gasteiger partial charge in [0.1, 0.15) is 0 Å². The van der Waals surface area contributed by atoms with E-state index in [9.17, 15) is 9.59 Å². The predicted molar refractivity (Wildman–Crippen MR) is 132 cm³/mol. The number of hydrogen-bond donors (Lipinski definition) is 0. The lowest BCUT2D eigenvalue weighted by Crippen LogP contribution is -2.23. The Morgan fingerprint density at radius 2 is 1.84 bits per heavy atom. The summed E-state index contributed by atoms with van der Waals surface area (Å²) in [7, 11) is 0. The molecule has 2 heterocycles. The first-order valence-electron chi connectivity index (χ1n) is 10.5. The molecule has 0 unspecified atom stereocenters. The van der Waals surface area contributed by atoms with Crippen molar-refractivity contribution in [2.75, 3.05) is 4.90 Å². The van der Waals surface area contributed by atoms with Crippen LogP contribution in [0.2, 0.25) is 0 Å². The van der Waals surface area contributed by atoms with Crippen molar-refractivity contribution in [3.05, 3.63) is 75.5 Å². The quantitative estimate of drug-likeness (QED) is 0.270. The number of benzene rings is 2. The van der Waals surface area contributed by atoms with E-state index in [2.05, 4.69) is 6.92 Å². The van der Waals surface area contributed by atoms with E-state index in [1.165, 1.54) is 23.1 Å². The lowest BCUT2D eigenvalue weighted by Gasteiger charge is -2.21. The fraction of sp³-hybridized carbons (Fsp3) is 0.250. The lowest BCUT2D eigenvalue weighted by molar-refractivity contribution is -0.115. The molecule has 2 aromatic carbocycles. The van der Waals surface area contributed by atoms with Gasteiger partial charge in [-0.2, -0.15) is 0 Å². The van der Waals surface area contributed by atoms with Gasteiger partial charge < -0.3 is 0 Å². The smallest absolute Gasteiger partial charge is 0.262 e. The number of rotatable bonds is 7. The highest BCUT2D eigenvalue weighted by atomic mass is 32.2. The number of hydrogen-bond acceptors (Lipinski definition) is 6. The van der Waals surface area contributed by atoms with Crippen LogP contribution in [0.15, 0.2) is 63.9 Å². The van der Waals surface area contributed by atoms with Crippen LogP contribution in [0.3, 0.4) is 0 Å². The van der Waals surface area contributed by atoms with Gasteiger partial charge in [-0.3, -0.25) is 19.1 Å². The second-order valence-corrected chi connectivity index (χ2v) is 8.99. The second-order valence-electron chi connectivity index (χ2n) is 7.21. The average Bonchev–Trinajstić information content (AvgIpc) is 3.26. The molecule has 0 fully saturated rings. The number of para-hydroxylation sites is 2. The number of anilines is 2. The standard InChI is InChI=1S/C24H24N4O2S2/c1-4-17-10-6-9-13-21(17)28(16(3)29)24-25-18(15-32-24)14-31-23-26-20-12-8-7-11-19(20)22(30)27(23)5-2/h6-13,15H,4-5,14H2,1-3H3. The van der Waals surface area contributed by atoms with Gasteiger partial charge >= 0.3 is 0 Å². The first kappa shape index (κ1) is 22.2. The molecular weight excluding hydrogens is 440 g/mol. The fourth-order valence-corrected chi connectivity index (χ4v) is 5.52. The van der Waals surface area contributed by atoms with Gasteiger partial charge in [0.05, 0.1) is 22.3 Å². The zero-order valence-electron chi connectivity index (χ0n) is 18.2. The maximum Gasteiger partial charge on any atom is 0.262 e. The molecule has 0 aliphatic rings. The molecule has 0 aliphatic carbocycles. The summed E-state index contributed by atoms with van der Waals surface area (Å²) in [5.74, 6) is 0.484. The molecule has 0 bridgehead atoms. The predicted octanol–water partition coefficient (Wildman–Crippen LogP) is 5.41. The van der Waals surface area contributed by atoms with Gasteiger partial charge in [0.25, 0.3) is 5.56 Å². The van der Waals surface area contributed by atoms with Crippen LogP contribution in [0.4, 0.5) is 10.8 Å². The van der Waals surface area contributed by atoms with Crippen LogP contribution in [0.25, 0.3) is 10.9 Å². The van der Waals surface area contributed by atoms with Crippen LogP contribution in [0, 0.1) is 0 Å². The molecule has 0 aliphatic heterocycles. The molecule has 32 heavy (non-hydrogen) atoms. The highest BCUT2D eigenvalue weighted by Gasteiger charge is 2.20. The van der Waals surface area contributed by atoms with Gasteiger partial charge in [-0.1, -0.05) is 49.0 Å². The maximum atomic E-state index is 12.8. The summed E-state index contributed by atoms with van der Waals surface area (Å²) in [5.41, 5.74) is 3.48. The van der Waals surface area contributed by atoms with E-state index in [4.69, 9.17) is 9.97 Å². The van der Waals surface area contributed by atoms with E-state index in [1.54, 1.807) is 16.4 Å². The molecular formula is C24H24N4O2S2. The van der Waals surface area contributed by atoms with Crippen LogP contribution < -0.4 is 10.5 Å². The Kier molecular flexibility index (Phi) is 6.72. The number of thiazole rings is 1. The average molecular weight is 465 g/mol. The Hall–Kier alpha value is -2.97. The molecule has 4 aromatic rings. The SMILES string of the molecule is CCc1ccccc1N(C(C)=O)c1nc(CSc2nc3ccccc3c(=O)n2CC)cs1. The van der Waals surface area contributed by atoms with E-state index in [0.29, 0.717) is 33.5 Å². The summed E-state index contributed by atoms with van der Waals surface area (Å²) in [5, 5.41) is 3.91. The summed E-state index contributed by atoms with van der Waals surface area (Å²) in [4.78, 5) is 36.4. The molecule has 0 saturated carbocycles. The number of carbonyl (C=O) groups is 1. The van der Waals surface area contributed by atoms with Crippen molar-refractivity contribution >= 4 is 50.7 Å². The van der Waals surface area contributed by atoms with E-state index >= 15 is 0 Å². The number of nitrogens with zero attached hydrogens (tertiary/aromatic N) is 4. The van der Waals surface area contributed by atoms with Crippen molar-refractivity contribution in [1.29, 1.82) is 0 Å². The molecule has 0 spiro atoms. The second kappa shape index (κ2) is 9.67. The van der Waals surface area contributed by atoms with Crippen molar-refractivity contribution in [3.8, 4) is 0 Å². The Bertz CT molecular complexity index is 1330. The van der Waals surface area contributed by atoms with E-state index in [0.717, 1.165) is 23.4 Å². The normalized spacial score (nSPS) is 11.1. The molecule has 0 radical (unpaired) electrons. The molecule has 0 atom stereocenters. The summed E-state index contributed by atoms with van der Waals surface area (Å²) in [6.07, 6.45) is 0.830. The zero-order chi connectivity index (χ0) is 22.7. The van der Waals surface area contributed by atoms with Gasteiger partial charge in [-0.15, -0.1) is 11.3 Å². The van der Waals surface area contributed by atoms with Crippen LogP contribution in [-0.2, 0) is 23.5 Å². The van der Waals surface area contributed by atoms with E-state index in [-0.39, 0.29) is 11.5 Å². The first-order chi connectivity index (χ1) is 15.5. The largest absolute Gasteiger partial charge is 0.287 e. The number of amides is 1. The van der Waals surface area contributed by atoms with Crippen LogP contribution in [0.1, 0.15) is 32.0 Å². The van der Waals surface area contributed by atoms with E-state index in [1.807, 2.05) is 60.8 Å². The molecule has 0 saturated heterocycles. The maximum absolute atomic E-state index is 12.8. The number of carbonyl (C=O) groups excluding carboxylic acids is 1. The van der Waals surface area contributed by atoms with Crippen molar-refractivity contribution in [2.45, 2.75) is 44.6 Å². The van der Waals surface area contributed by atoms with Gasteiger partial charge in [-0.25, -0.2) is 9.97 Å². The van der Waals surface area contributed by atoms with Gasteiger partial charge in [0.15, 0.2) is 10.3 Å². The number of thioether (sulfide) groups is 1. The van der Waals surface area contributed by atoms with E-state index < -0.39 is 0 Å². The Labute approximate surface area is 194 Å². The summed E-state index contributed by atoms with van der Waals surface area (Å²) in [6, 6.07) is 15.3. The zero-order valence-corrected chi connectivity index (χ0v) is 19.9. The highest BCUT2D eigenvalue weighted by Crippen LogP contribution is 2.33. The topological polar surface area (TPSA) is 68.1 Å². The lowest BCUT2D eigenvalue weighted by atomic mass is 10.1. The molecule has 1 amide bonds.